The molecule has 9 heteroatoms. The number of ketones is 1. The van der Waals surface area contributed by atoms with E-state index < -0.39 is 11.7 Å². The number of aromatic nitrogens is 2. The van der Waals surface area contributed by atoms with Gasteiger partial charge in [0, 0.05) is 26.0 Å². The highest BCUT2D eigenvalue weighted by Crippen LogP contribution is 2.31. The largest absolute Gasteiger partial charge is 0.437 e. The minimum Gasteiger partial charge on any atom is -0.437 e. The maximum Gasteiger partial charge on any atom is 0.416 e. The van der Waals surface area contributed by atoms with Crippen molar-refractivity contribution in [2.24, 2.45) is 0 Å². The molecule has 0 spiro atoms. The first-order chi connectivity index (χ1) is 14.2. The molecule has 1 heterocycles. The van der Waals surface area contributed by atoms with E-state index >= 15 is 0 Å². The number of rotatable bonds is 7. The summed E-state index contributed by atoms with van der Waals surface area (Å²) in [4.78, 5) is 20.3. The zero-order chi connectivity index (χ0) is 21.7. The van der Waals surface area contributed by atoms with Crippen LogP contribution in [0.1, 0.15) is 16.7 Å². The Morgan fingerprint density at radius 1 is 1.07 bits per heavy atom. The Balaban J connectivity index is 1.66. The molecule has 156 valence electrons. The Kier molecular flexibility index (Phi) is 6.56. The predicted molar refractivity (Wildman–Crippen MR) is 107 cm³/mol. The average Bonchev–Trinajstić information content (AvgIpc) is 2.70. The molecule has 1 N–H and O–H groups in total. The maximum absolute atomic E-state index is 12.8. The number of alkyl halides is 3. The number of carbonyl (C=O) groups is 1. The normalized spacial score (nSPS) is 11.2. The van der Waals surface area contributed by atoms with E-state index in [1.165, 1.54) is 18.5 Å². The van der Waals surface area contributed by atoms with Crippen LogP contribution in [0.15, 0.2) is 54.9 Å². The van der Waals surface area contributed by atoms with Crippen LogP contribution in [0.4, 0.5) is 19.0 Å². The molecule has 0 unspecified atom stereocenters. The highest BCUT2D eigenvalue weighted by atomic mass is 35.5. The van der Waals surface area contributed by atoms with Crippen molar-refractivity contribution in [3.8, 4) is 11.6 Å². The number of carbonyl (C=O) groups excluding carboxylic acids is 1. The SMILES string of the molecule is CNc1cc(Oc2ccc(CC(=O)Cc3cccc(C(F)(F)F)c3)cc2Cl)ncn1. The summed E-state index contributed by atoms with van der Waals surface area (Å²) in [5.41, 5.74) is 0.163. The van der Waals surface area contributed by atoms with E-state index in [0.717, 1.165) is 12.1 Å². The van der Waals surface area contributed by atoms with Gasteiger partial charge < -0.3 is 10.1 Å². The van der Waals surface area contributed by atoms with E-state index in [4.69, 9.17) is 16.3 Å². The number of halogens is 4. The number of benzene rings is 2. The van der Waals surface area contributed by atoms with Gasteiger partial charge in [0.05, 0.1) is 10.6 Å². The summed E-state index contributed by atoms with van der Waals surface area (Å²) in [6.45, 7) is 0. The molecule has 0 atom stereocenters. The van der Waals surface area contributed by atoms with Crippen molar-refractivity contribution in [2.45, 2.75) is 19.0 Å². The Bertz CT molecular complexity index is 1060. The lowest BCUT2D eigenvalue weighted by molar-refractivity contribution is -0.137. The Morgan fingerprint density at radius 2 is 1.80 bits per heavy atom. The number of nitrogens with one attached hydrogen (secondary N) is 1. The standard InChI is InChI=1S/C21H17ClF3N3O2/c1-26-19-11-20(28-12-27-19)30-18-6-5-14(10-17(18)22)9-16(29)8-13-3-2-4-15(7-13)21(23,24)25/h2-7,10-12H,8-9H2,1H3,(H,26,27,28). The molecule has 5 nitrogen and oxygen atoms in total. The van der Waals surface area contributed by atoms with Gasteiger partial charge in [0.25, 0.3) is 0 Å². The van der Waals surface area contributed by atoms with E-state index in [0.29, 0.717) is 28.6 Å². The summed E-state index contributed by atoms with van der Waals surface area (Å²) < 4.78 is 44.1. The molecule has 0 aliphatic rings. The molecular formula is C21H17ClF3N3O2. The van der Waals surface area contributed by atoms with Crippen LogP contribution < -0.4 is 10.1 Å². The molecule has 2 aromatic carbocycles. The monoisotopic (exact) mass is 435 g/mol. The van der Waals surface area contributed by atoms with Crippen LogP contribution in [0.5, 0.6) is 11.6 Å². The topological polar surface area (TPSA) is 64.1 Å². The molecule has 3 aromatic rings. The second-order valence-corrected chi connectivity index (χ2v) is 6.86. The van der Waals surface area contributed by atoms with Crippen LogP contribution in [-0.2, 0) is 23.8 Å². The molecule has 0 bridgehead atoms. The summed E-state index contributed by atoms with van der Waals surface area (Å²) >= 11 is 6.25. The van der Waals surface area contributed by atoms with E-state index in [-0.39, 0.29) is 23.6 Å². The zero-order valence-corrected chi connectivity index (χ0v) is 16.6. The molecular weight excluding hydrogens is 419 g/mol. The molecule has 0 fully saturated rings. The van der Waals surface area contributed by atoms with Crippen molar-refractivity contribution in [1.29, 1.82) is 0 Å². The lowest BCUT2D eigenvalue weighted by Crippen LogP contribution is -2.09. The number of Topliss-reactive ketones (excluding diaryl/α,β-unsaturated/α-hetero) is 1. The second kappa shape index (κ2) is 9.13. The fourth-order valence-corrected chi connectivity index (χ4v) is 3.00. The third-order valence-corrected chi connectivity index (χ3v) is 4.46. The molecule has 3 rings (SSSR count). The van der Waals surface area contributed by atoms with Gasteiger partial charge in [-0.05, 0) is 29.3 Å². The zero-order valence-electron chi connectivity index (χ0n) is 15.8. The molecule has 30 heavy (non-hydrogen) atoms. The first kappa shape index (κ1) is 21.6. The van der Waals surface area contributed by atoms with Crippen molar-refractivity contribution >= 4 is 23.2 Å². The summed E-state index contributed by atoms with van der Waals surface area (Å²) in [5, 5.41) is 3.15. The van der Waals surface area contributed by atoms with Crippen LogP contribution in [0, 0.1) is 0 Å². The third-order valence-electron chi connectivity index (χ3n) is 4.17. The fraction of sp³-hybridized carbons (Fsp3) is 0.190. The van der Waals surface area contributed by atoms with Gasteiger partial charge in [-0.1, -0.05) is 35.9 Å². The van der Waals surface area contributed by atoms with Crippen molar-refractivity contribution in [2.75, 3.05) is 12.4 Å². The fourth-order valence-electron chi connectivity index (χ4n) is 2.76. The van der Waals surface area contributed by atoms with Crippen LogP contribution in [0.3, 0.4) is 0 Å². The molecule has 1 aromatic heterocycles. The number of hydrogen-bond acceptors (Lipinski definition) is 5. The van der Waals surface area contributed by atoms with Crippen molar-refractivity contribution in [1.82, 2.24) is 9.97 Å². The molecule has 0 saturated heterocycles. The van der Waals surface area contributed by atoms with Crippen LogP contribution in [-0.4, -0.2) is 22.8 Å². The van der Waals surface area contributed by atoms with E-state index in [1.807, 2.05) is 0 Å². The lowest BCUT2D eigenvalue weighted by Gasteiger charge is -2.10. The number of nitrogens with zero attached hydrogens (tertiary/aromatic N) is 2. The molecule has 0 radical (unpaired) electrons. The summed E-state index contributed by atoms with van der Waals surface area (Å²) in [6.07, 6.45) is -3.17. The minimum atomic E-state index is -4.44. The van der Waals surface area contributed by atoms with Gasteiger partial charge in [-0.3, -0.25) is 4.79 Å². The maximum atomic E-state index is 12.8. The second-order valence-electron chi connectivity index (χ2n) is 6.45. The van der Waals surface area contributed by atoms with Gasteiger partial charge in [0.1, 0.15) is 23.7 Å². The van der Waals surface area contributed by atoms with Gasteiger partial charge >= 0.3 is 6.18 Å². The van der Waals surface area contributed by atoms with Gasteiger partial charge in [0.15, 0.2) is 0 Å². The van der Waals surface area contributed by atoms with Crippen molar-refractivity contribution < 1.29 is 22.7 Å². The lowest BCUT2D eigenvalue weighted by atomic mass is 10.0. The van der Waals surface area contributed by atoms with Crippen molar-refractivity contribution in [3.63, 3.8) is 0 Å². The Hall–Kier alpha value is -3.13. The molecule has 0 amide bonds. The first-order valence-electron chi connectivity index (χ1n) is 8.88. The highest BCUT2D eigenvalue weighted by Gasteiger charge is 2.30. The quantitative estimate of drug-likeness (QED) is 0.543. The number of ether oxygens (including phenoxy) is 1. The van der Waals surface area contributed by atoms with Gasteiger partial charge in [-0.2, -0.15) is 13.2 Å². The van der Waals surface area contributed by atoms with Crippen LogP contribution in [0.25, 0.3) is 0 Å². The van der Waals surface area contributed by atoms with E-state index in [9.17, 15) is 18.0 Å². The molecule has 0 aliphatic carbocycles. The summed E-state index contributed by atoms with van der Waals surface area (Å²) in [6, 6.07) is 11.2. The van der Waals surface area contributed by atoms with Crippen LogP contribution >= 0.6 is 11.6 Å². The van der Waals surface area contributed by atoms with E-state index in [2.05, 4.69) is 15.3 Å². The minimum absolute atomic E-state index is 0.0354. The van der Waals surface area contributed by atoms with Gasteiger partial charge in [-0.25, -0.2) is 9.97 Å². The summed E-state index contributed by atoms with van der Waals surface area (Å²) in [7, 11) is 1.71. The highest BCUT2D eigenvalue weighted by molar-refractivity contribution is 6.32. The molecule has 0 aliphatic heterocycles. The number of hydrogen-bond donors (Lipinski definition) is 1. The predicted octanol–water partition coefficient (Wildman–Crippen LogP) is 5.34. The van der Waals surface area contributed by atoms with Gasteiger partial charge in [0.2, 0.25) is 5.88 Å². The number of anilines is 1. The third kappa shape index (κ3) is 5.70. The molecule has 0 saturated carbocycles. The Labute approximate surface area is 175 Å². The van der Waals surface area contributed by atoms with Gasteiger partial charge in [-0.15, -0.1) is 0 Å². The summed E-state index contributed by atoms with van der Waals surface area (Å²) in [5.74, 6) is 0.998. The van der Waals surface area contributed by atoms with Crippen LogP contribution in [0.2, 0.25) is 5.02 Å². The first-order valence-corrected chi connectivity index (χ1v) is 9.26. The Morgan fingerprint density at radius 3 is 2.47 bits per heavy atom. The van der Waals surface area contributed by atoms with Crippen molar-refractivity contribution in [3.05, 3.63) is 76.6 Å². The smallest absolute Gasteiger partial charge is 0.416 e. The average molecular weight is 436 g/mol. The van der Waals surface area contributed by atoms with E-state index in [1.54, 1.807) is 31.3 Å².